The van der Waals surface area contributed by atoms with Crippen molar-refractivity contribution in [2.24, 2.45) is 0 Å². The predicted octanol–water partition coefficient (Wildman–Crippen LogP) is 3.71. The van der Waals surface area contributed by atoms with E-state index in [2.05, 4.69) is 23.7 Å². The van der Waals surface area contributed by atoms with Crippen molar-refractivity contribution in [2.45, 2.75) is 24.3 Å². The van der Waals surface area contributed by atoms with Gasteiger partial charge in [0.25, 0.3) is 0 Å². The topological polar surface area (TPSA) is 46.2 Å². The normalized spacial score (nSPS) is 13.2. The molecule has 1 N–H and O–H groups in total. The third-order valence-corrected chi connectivity index (χ3v) is 5.03. The average Bonchev–Trinajstić information content (AvgIpc) is 2.89. The minimum absolute atomic E-state index is 0.268. The molecule has 0 saturated carbocycles. The Morgan fingerprint density at radius 3 is 2.37 bits per heavy atom. The van der Waals surface area contributed by atoms with Crippen LogP contribution in [0.4, 0.5) is 5.69 Å². The molecule has 102 valence electrons. The van der Waals surface area contributed by atoms with Crippen LogP contribution in [0.5, 0.6) is 0 Å². The maximum absolute atomic E-state index is 11.4. The van der Waals surface area contributed by atoms with Crippen molar-refractivity contribution in [3.05, 3.63) is 46.7 Å². The first-order valence-corrected chi connectivity index (χ1v) is 8.88. The zero-order valence-electron chi connectivity index (χ0n) is 11.0. The highest BCUT2D eigenvalue weighted by Crippen LogP contribution is 2.26. The summed E-state index contributed by atoms with van der Waals surface area (Å²) in [7, 11) is -3.12. The fraction of sp³-hybridized carbons (Fsp3) is 0.286. The molecule has 1 aromatic heterocycles. The molecule has 5 heteroatoms. The number of hydrogen-bond donors (Lipinski definition) is 1. The van der Waals surface area contributed by atoms with Gasteiger partial charge >= 0.3 is 0 Å². The summed E-state index contributed by atoms with van der Waals surface area (Å²) in [5.74, 6) is 0. The second-order valence-electron chi connectivity index (χ2n) is 4.42. The van der Waals surface area contributed by atoms with Crippen molar-refractivity contribution in [2.75, 3.05) is 11.6 Å². The first kappa shape index (κ1) is 14.1. The zero-order valence-corrected chi connectivity index (χ0v) is 12.6. The molecular weight excluding hydrogens is 278 g/mol. The lowest BCUT2D eigenvalue weighted by molar-refractivity contribution is 0.602. The summed E-state index contributed by atoms with van der Waals surface area (Å²) in [6, 6.07) is 11.3. The number of sulfone groups is 1. The molecule has 0 bridgehead atoms. The van der Waals surface area contributed by atoms with Crippen LogP contribution in [0.25, 0.3) is 0 Å². The van der Waals surface area contributed by atoms with Crippen LogP contribution in [-0.4, -0.2) is 14.7 Å². The minimum Gasteiger partial charge on any atom is -0.377 e. The molecule has 0 fully saturated rings. The molecule has 0 aliphatic rings. The Balaban J connectivity index is 2.15. The summed E-state index contributed by atoms with van der Waals surface area (Å²) in [5.41, 5.74) is 0.938. The van der Waals surface area contributed by atoms with E-state index >= 15 is 0 Å². The standard InChI is InChI=1S/C14H17NO2S2/c1-3-13(14-5-4-10-18-14)15-11-6-8-12(9-7-11)19(2,16)17/h4-10,13,15H,3H2,1-2H3. The Labute approximate surface area is 118 Å². The Morgan fingerprint density at radius 1 is 1.21 bits per heavy atom. The third-order valence-electron chi connectivity index (χ3n) is 2.92. The number of nitrogens with one attached hydrogen (secondary N) is 1. The van der Waals surface area contributed by atoms with Gasteiger partial charge in [-0.3, -0.25) is 0 Å². The van der Waals surface area contributed by atoms with E-state index in [0.717, 1.165) is 12.1 Å². The van der Waals surface area contributed by atoms with Crippen LogP contribution in [0.15, 0.2) is 46.7 Å². The largest absolute Gasteiger partial charge is 0.377 e. The van der Waals surface area contributed by atoms with Crippen LogP contribution in [0.3, 0.4) is 0 Å². The Hall–Kier alpha value is -1.33. The fourth-order valence-electron chi connectivity index (χ4n) is 1.86. The maximum atomic E-state index is 11.4. The third kappa shape index (κ3) is 3.58. The summed E-state index contributed by atoms with van der Waals surface area (Å²) < 4.78 is 22.8. The molecule has 1 unspecified atom stereocenters. The summed E-state index contributed by atoms with van der Waals surface area (Å²) in [6.45, 7) is 2.13. The van der Waals surface area contributed by atoms with Gasteiger partial charge in [-0.1, -0.05) is 13.0 Å². The summed E-state index contributed by atoms with van der Waals surface area (Å²) in [4.78, 5) is 1.64. The molecule has 0 spiro atoms. The highest BCUT2D eigenvalue weighted by molar-refractivity contribution is 7.90. The smallest absolute Gasteiger partial charge is 0.175 e. The molecule has 1 atom stereocenters. The van der Waals surface area contributed by atoms with E-state index in [1.807, 2.05) is 18.2 Å². The van der Waals surface area contributed by atoms with Gasteiger partial charge in [-0.15, -0.1) is 11.3 Å². The van der Waals surface area contributed by atoms with Gasteiger partial charge in [0.15, 0.2) is 9.84 Å². The number of rotatable bonds is 5. The molecule has 2 aromatic rings. The van der Waals surface area contributed by atoms with Crippen molar-refractivity contribution in [3.8, 4) is 0 Å². The number of thiophene rings is 1. The van der Waals surface area contributed by atoms with Crippen LogP contribution in [-0.2, 0) is 9.84 Å². The van der Waals surface area contributed by atoms with Crippen molar-refractivity contribution in [1.82, 2.24) is 0 Å². The molecule has 1 heterocycles. The Bertz CT molecular complexity index is 616. The first-order valence-electron chi connectivity index (χ1n) is 6.10. The Kier molecular flexibility index (Phi) is 4.27. The lowest BCUT2D eigenvalue weighted by Gasteiger charge is -2.17. The number of anilines is 1. The van der Waals surface area contributed by atoms with Gasteiger partial charge in [-0.05, 0) is 42.1 Å². The van der Waals surface area contributed by atoms with Gasteiger partial charge in [0.1, 0.15) is 0 Å². The molecule has 0 radical (unpaired) electrons. The first-order chi connectivity index (χ1) is 9.00. The van der Waals surface area contributed by atoms with Crippen LogP contribution < -0.4 is 5.32 Å². The molecular formula is C14H17NO2S2. The van der Waals surface area contributed by atoms with E-state index in [9.17, 15) is 8.42 Å². The van der Waals surface area contributed by atoms with Crippen molar-refractivity contribution in [3.63, 3.8) is 0 Å². The second-order valence-corrected chi connectivity index (χ2v) is 7.41. The van der Waals surface area contributed by atoms with E-state index < -0.39 is 9.84 Å². The SMILES string of the molecule is CCC(Nc1ccc(S(C)(=O)=O)cc1)c1cccs1. The van der Waals surface area contributed by atoms with Gasteiger partial charge in [-0.25, -0.2) is 8.42 Å². The van der Waals surface area contributed by atoms with E-state index in [1.165, 1.54) is 11.1 Å². The van der Waals surface area contributed by atoms with Crippen molar-refractivity contribution >= 4 is 26.9 Å². The quantitative estimate of drug-likeness (QED) is 0.914. The highest BCUT2D eigenvalue weighted by atomic mass is 32.2. The van der Waals surface area contributed by atoms with Crippen LogP contribution >= 0.6 is 11.3 Å². The monoisotopic (exact) mass is 295 g/mol. The van der Waals surface area contributed by atoms with E-state index in [1.54, 1.807) is 23.5 Å². The van der Waals surface area contributed by atoms with Gasteiger partial charge in [0.2, 0.25) is 0 Å². The van der Waals surface area contributed by atoms with E-state index in [-0.39, 0.29) is 6.04 Å². The molecule has 0 aliphatic heterocycles. The number of hydrogen-bond acceptors (Lipinski definition) is 4. The summed E-state index contributed by atoms with van der Waals surface area (Å²) >= 11 is 1.72. The Morgan fingerprint density at radius 2 is 1.89 bits per heavy atom. The summed E-state index contributed by atoms with van der Waals surface area (Å²) in [5, 5.41) is 5.49. The van der Waals surface area contributed by atoms with Crippen LogP contribution in [0.2, 0.25) is 0 Å². The van der Waals surface area contributed by atoms with Crippen LogP contribution in [0.1, 0.15) is 24.3 Å². The zero-order chi connectivity index (χ0) is 13.9. The molecule has 0 amide bonds. The molecule has 3 nitrogen and oxygen atoms in total. The van der Waals surface area contributed by atoms with Gasteiger partial charge in [0.05, 0.1) is 10.9 Å². The lowest BCUT2D eigenvalue weighted by atomic mass is 10.1. The van der Waals surface area contributed by atoms with Gasteiger partial charge < -0.3 is 5.32 Å². The maximum Gasteiger partial charge on any atom is 0.175 e. The van der Waals surface area contributed by atoms with E-state index in [4.69, 9.17) is 0 Å². The van der Waals surface area contributed by atoms with Crippen molar-refractivity contribution < 1.29 is 8.42 Å². The minimum atomic E-state index is -3.12. The lowest BCUT2D eigenvalue weighted by Crippen LogP contribution is -2.08. The molecule has 2 rings (SSSR count). The summed E-state index contributed by atoms with van der Waals surface area (Å²) in [6.07, 6.45) is 2.20. The molecule has 0 saturated heterocycles. The fourth-order valence-corrected chi connectivity index (χ4v) is 3.36. The average molecular weight is 295 g/mol. The van der Waals surface area contributed by atoms with Crippen molar-refractivity contribution in [1.29, 1.82) is 0 Å². The van der Waals surface area contributed by atoms with E-state index in [0.29, 0.717) is 4.90 Å². The molecule has 0 aliphatic carbocycles. The van der Waals surface area contributed by atoms with Gasteiger partial charge in [0, 0.05) is 16.8 Å². The van der Waals surface area contributed by atoms with Gasteiger partial charge in [-0.2, -0.15) is 0 Å². The highest BCUT2D eigenvalue weighted by Gasteiger charge is 2.11. The molecule has 19 heavy (non-hydrogen) atoms. The second kappa shape index (κ2) is 5.75. The predicted molar refractivity (Wildman–Crippen MR) is 80.5 cm³/mol. The number of benzene rings is 1. The van der Waals surface area contributed by atoms with Crippen LogP contribution in [0, 0.1) is 0 Å². The molecule has 1 aromatic carbocycles.